The first-order valence-corrected chi connectivity index (χ1v) is 7.32. The molecule has 1 aromatic carbocycles. The quantitative estimate of drug-likeness (QED) is 0.684. The van der Waals surface area contributed by atoms with Gasteiger partial charge in [0.05, 0.1) is 13.2 Å². The second-order valence-corrected chi connectivity index (χ2v) is 5.49. The Hall–Kier alpha value is -1.25. The lowest BCUT2D eigenvalue weighted by atomic mass is 10.2. The third kappa shape index (κ3) is 6.67. The van der Waals surface area contributed by atoms with Crippen molar-refractivity contribution in [3.05, 3.63) is 29.8 Å². The van der Waals surface area contributed by atoms with Crippen molar-refractivity contribution in [3.8, 4) is 0 Å². The number of carbonyl (C=O) groups excluding carboxylic acids is 1. The molecule has 0 aromatic heterocycles. The molecule has 0 bridgehead atoms. The molecule has 0 radical (unpaired) electrons. The maximum absolute atomic E-state index is 12.3. The van der Waals surface area contributed by atoms with Crippen LogP contribution < -0.4 is 0 Å². The predicted molar refractivity (Wildman–Crippen MR) is 78.0 cm³/mol. The maximum atomic E-state index is 12.3. The topological polar surface area (TPSA) is 38.8 Å². The van der Waals surface area contributed by atoms with Crippen LogP contribution in [-0.4, -0.2) is 56.8 Å². The molecule has 0 spiro atoms. The summed E-state index contributed by atoms with van der Waals surface area (Å²) in [5, 5.41) is 0. The van der Waals surface area contributed by atoms with Gasteiger partial charge in [-0.15, -0.1) is 0 Å². The highest BCUT2D eigenvalue weighted by Crippen LogP contribution is 2.36. The van der Waals surface area contributed by atoms with Gasteiger partial charge in [-0.1, -0.05) is 0 Å². The largest absolute Gasteiger partial charge is 0.446 e. The van der Waals surface area contributed by atoms with Crippen molar-refractivity contribution >= 4 is 17.7 Å². The van der Waals surface area contributed by atoms with Crippen LogP contribution in [0.1, 0.15) is 10.4 Å². The van der Waals surface area contributed by atoms with Crippen molar-refractivity contribution < 1.29 is 27.4 Å². The summed E-state index contributed by atoms with van der Waals surface area (Å²) in [7, 11) is 3.06. The van der Waals surface area contributed by atoms with Crippen LogP contribution in [0.5, 0.6) is 0 Å². The Morgan fingerprint density at radius 2 is 1.59 bits per heavy atom. The molecule has 0 N–H and O–H groups in total. The molecular formula is C14H18F3NO3S. The Labute approximate surface area is 131 Å². The number of alkyl halides is 3. The molecule has 0 aliphatic heterocycles. The molecule has 0 aliphatic carbocycles. The molecule has 0 atom stereocenters. The molecule has 1 aromatic rings. The summed E-state index contributed by atoms with van der Waals surface area (Å²) in [5.74, 6) is -0.266. The second kappa shape index (κ2) is 9.02. The Morgan fingerprint density at radius 1 is 1.09 bits per heavy atom. The van der Waals surface area contributed by atoms with Gasteiger partial charge in [0.1, 0.15) is 0 Å². The third-order valence-corrected chi connectivity index (χ3v) is 3.49. The molecule has 22 heavy (non-hydrogen) atoms. The molecule has 1 amide bonds. The van der Waals surface area contributed by atoms with E-state index in [0.29, 0.717) is 31.9 Å². The third-order valence-electron chi connectivity index (χ3n) is 2.75. The van der Waals surface area contributed by atoms with Gasteiger partial charge in [-0.2, -0.15) is 13.2 Å². The molecule has 0 saturated heterocycles. The summed E-state index contributed by atoms with van der Waals surface area (Å²) in [6.45, 7) is 1.52. The highest BCUT2D eigenvalue weighted by atomic mass is 32.2. The molecule has 0 saturated carbocycles. The van der Waals surface area contributed by atoms with Gasteiger partial charge in [0.15, 0.2) is 0 Å². The zero-order valence-corrected chi connectivity index (χ0v) is 13.2. The number of nitrogens with zero attached hydrogens (tertiary/aromatic N) is 1. The molecule has 4 nitrogen and oxygen atoms in total. The summed E-state index contributed by atoms with van der Waals surface area (Å²) >= 11 is -0.208. The van der Waals surface area contributed by atoms with Crippen LogP contribution in [0.4, 0.5) is 13.2 Å². The Bertz CT molecular complexity index is 457. The average molecular weight is 337 g/mol. The van der Waals surface area contributed by atoms with E-state index in [4.69, 9.17) is 9.47 Å². The normalized spacial score (nSPS) is 11.5. The minimum Gasteiger partial charge on any atom is -0.383 e. The lowest BCUT2D eigenvalue weighted by Crippen LogP contribution is -2.36. The lowest BCUT2D eigenvalue weighted by Gasteiger charge is -2.22. The minimum absolute atomic E-state index is 0.0457. The van der Waals surface area contributed by atoms with E-state index in [2.05, 4.69) is 0 Å². The summed E-state index contributed by atoms with van der Waals surface area (Å²) in [5.41, 5.74) is -4.01. The molecular weight excluding hydrogens is 319 g/mol. The van der Waals surface area contributed by atoms with Gasteiger partial charge in [0.25, 0.3) is 5.91 Å². The number of amides is 1. The Balaban J connectivity index is 2.76. The molecule has 8 heteroatoms. The average Bonchev–Trinajstić information content (AvgIpc) is 2.46. The zero-order valence-electron chi connectivity index (χ0n) is 12.4. The molecule has 124 valence electrons. The van der Waals surface area contributed by atoms with E-state index >= 15 is 0 Å². The van der Waals surface area contributed by atoms with E-state index in [0.717, 1.165) is 0 Å². The van der Waals surface area contributed by atoms with E-state index in [9.17, 15) is 18.0 Å². The number of methoxy groups -OCH3 is 2. The first kappa shape index (κ1) is 18.8. The number of hydrogen-bond donors (Lipinski definition) is 0. The Morgan fingerprint density at radius 3 is 2.00 bits per heavy atom. The van der Waals surface area contributed by atoms with Gasteiger partial charge in [0, 0.05) is 37.8 Å². The number of benzene rings is 1. The molecule has 0 unspecified atom stereocenters. The minimum atomic E-state index is -4.34. The van der Waals surface area contributed by atoms with Crippen LogP contribution in [-0.2, 0) is 9.47 Å². The summed E-state index contributed by atoms with van der Waals surface area (Å²) < 4.78 is 46.7. The highest BCUT2D eigenvalue weighted by Gasteiger charge is 2.29. The maximum Gasteiger partial charge on any atom is 0.446 e. The molecule has 0 fully saturated rings. The molecule has 0 aliphatic rings. The van der Waals surface area contributed by atoms with Gasteiger partial charge in [-0.25, -0.2) is 0 Å². The highest BCUT2D eigenvalue weighted by molar-refractivity contribution is 8.00. The van der Waals surface area contributed by atoms with Crippen LogP contribution in [0.15, 0.2) is 29.2 Å². The van der Waals surface area contributed by atoms with Crippen molar-refractivity contribution in [3.63, 3.8) is 0 Å². The number of halogens is 3. The van der Waals surface area contributed by atoms with Crippen molar-refractivity contribution in [1.29, 1.82) is 0 Å². The standard InChI is InChI=1S/C14H18F3NO3S/c1-20-9-7-18(8-10-21-2)13(19)11-3-5-12(6-4-11)22-14(15,16)17/h3-6H,7-10H2,1-2H3. The van der Waals surface area contributed by atoms with E-state index in [1.807, 2.05) is 0 Å². The van der Waals surface area contributed by atoms with Crippen LogP contribution >= 0.6 is 11.8 Å². The predicted octanol–water partition coefficient (Wildman–Crippen LogP) is 3.03. The fourth-order valence-electron chi connectivity index (χ4n) is 1.70. The molecule has 1 rings (SSSR count). The lowest BCUT2D eigenvalue weighted by molar-refractivity contribution is -0.0328. The number of rotatable bonds is 8. The monoisotopic (exact) mass is 337 g/mol. The van der Waals surface area contributed by atoms with Gasteiger partial charge in [-0.05, 0) is 36.0 Å². The fraction of sp³-hybridized carbons (Fsp3) is 0.500. The molecule has 0 heterocycles. The Kier molecular flexibility index (Phi) is 7.70. The van der Waals surface area contributed by atoms with Crippen LogP contribution in [0.25, 0.3) is 0 Å². The van der Waals surface area contributed by atoms with Gasteiger partial charge in [0.2, 0.25) is 0 Å². The van der Waals surface area contributed by atoms with Crippen LogP contribution in [0.2, 0.25) is 0 Å². The van der Waals surface area contributed by atoms with Gasteiger partial charge >= 0.3 is 5.51 Å². The van der Waals surface area contributed by atoms with Crippen molar-refractivity contribution in [2.24, 2.45) is 0 Å². The van der Waals surface area contributed by atoms with E-state index in [-0.39, 0.29) is 22.6 Å². The van der Waals surface area contributed by atoms with Crippen molar-refractivity contribution in [2.75, 3.05) is 40.5 Å². The number of ether oxygens (including phenoxy) is 2. The first-order valence-electron chi connectivity index (χ1n) is 6.50. The second-order valence-electron chi connectivity index (χ2n) is 4.35. The SMILES string of the molecule is COCCN(CCOC)C(=O)c1ccc(SC(F)(F)F)cc1. The smallest absolute Gasteiger partial charge is 0.383 e. The van der Waals surface area contributed by atoms with Crippen molar-refractivity contribution in [1.82, 2.24) is 4.90 Å². The van der Waals surface area contributed by atoms with Crippen molar-refractivity contribution in [2.45, 2.75) is 10.4 Å². The summed E-state index contributed by atoms with van der Waals surface area (Å²) in [4.78, 5) is 13.9. The van der Waals surface area contributed by atoms with Crippen LogP contribution in [0, 0.1) is 0 Å². The number of carbonyl (C=O) groups is 1. The van der Waals surface area contributed by atoms with Gasteiger partial charge < -0.3 is 14.4 Å². The fourth-order valence-corrected chi connectivity index (χ4v) is 2.24. The van der Waals surface area contributed by atoms with E-state index in [1.165, 1.54) is 38.5 Å². The number of thioether (sulfide) groups is 1. The summed E-state index contributed by atoms with van der Waals surface area (Å²) in [6.07, 6.45) is 0. The first-order chi connectivity index (χ1) is 10.4. The van der Waals surface area contributed by atoms with Gasteiger partial charge in [-0.3, -0.25) is 4.79 Å². The zero-order chi connectivity index (χ0) is 16.6. The van der Waals surface area contributed by atoms with E-state index in [1.54, 1.807) is 4.90 Å². The number of hydrogen-bond acceptors (Lipinski definition) is 4. The van der Waals surface area contributed by atoms with Crippen LogP contribution in [0.3, 0.4) is 0 Å². The summed E-state index contributed by atoms with van der Waals surface area (Å²) in [6, 6.07) is 5.36. The van der Waals surface area contributed by atoms with E-state index < -0.39 is 5.51 Å².